The van der Waals surface area contributed by atoms with Gasteiger partial charge in [-0.3, -0.25) is 0 Å². The Balaban J connectivity index is 2.07. The number of hydrogen-bond donors (Lipinski definition) is 1. The van der Waals surface area contributed by atoms with Crippen LogP contribution in [0.25, 0.3) is 10.7 Å². The number of hydrogen-bond acceptors (Lipinski definition) is 4. The summed E-state index contributed by atoms with van der Waals surface area (Å²) in [6, 6.07) is 3.90. The Hall–Kier alpha value is -0.460. The highest BCUT2D eigenvalue weighted by atomic mass is 79.9. The van der Waals surface area contributed by atoms with Gasteiger partial charge in [0, 0.05) is 22.2 Å². The third-order valence-corrected chi connectivity index (χ3v) is 5.88. The van der Waals surface area contributed by atoms with Crippen LogP contribution >= 0.6 is 43.2 Å². The van der Waals surface area contributed by atoms with Crippen LogP contribution < -0.4 is 5.73 Å². The zero-order chi connectivity index (χ0) is 12.0. The molecule has 2 aromatic heterocycles. The van der Waals surface area contributed by atoms with Gasteiger partial charge in [0.2, 0.25) is 0 Å². The van der Waals surface area contributed by atoms with Crippen molar-refractivity contribution in [3.8, 4) is 10.7 Å². The van der Waals surface area contributed by atoms with Gasteiger partial charge >= 0.3 is 0 Å². The molecule has 0 spiro atoms. The molecule has 0 atom stereocenters. The zero-order valence-corrected chi connectivity index (χ0v) is 12.8. The average molecular weight is 375 g/mol. The quantitative estimate of drug-likeness (QED) is 0.857. The first-order valence-corrected chi connectivity index (χ1v) is 7.63. The molecule has 1 fully saturated rings. The molecule has 0 bridgehead atoms. The van der Waals surface area contributed by atoms with E-state index in [4.69, 9.17) is 5.73 Å². The van der Waals surface area contributed by atoms with E-state index in [9.17, 15) is 0 Å². The van der Waals surface area contributed by atoms with Gasteiger partial charge < -0.3 is 5.73 Å². The van der Waals surface area contributed by atoms with Gasteiger partial charge in [0.15, 0.2) is 5.82 Å². The molecule has 0 aromatic carbocycles. The summed E-state index contributed by atoms with van der Waals surface area (Å²) in [7, 11) is 0. The van der Waals surface area contributed by atoms with Crippen molar-refractivity contribution in [2.75, 3.05) is 5.73 Å². The second kappa shape index (κ2) is 4.33. The molecule has 0 unspecified atom stereocenters. The minimum atomic E-state index is 0.553. The first-order chi connectivity index (χ1) is 8.13. The van der Waals surface area contributed by atoms with Crippen LogP contribution in [-0.4, -0.2) is 9.97 Å². The van der Waals surface area contributed by atoms with Gasteiger partial charge in [0.25, 0.3) is 0 Å². The molecule has 2 N–H and O–H groups in total. The Morgan fingerprint density at radius 1 is 1.24 bits per heavy atom. The van der Waals surface area contributed by atoms with Crippen molar-refractivity contribution in [3.63, 3.8) is 0 Å². The Bertz CT molecular complexity index is 559. The van der Waals surface area contributed by atoms with E-state index >= 15 is 0 Å². The molecule has 1 saturated carbocycles. The molecule has 0 aliphatic heterocycles. The largest absolute Gasteiger partial charge is 0.384 e. The topological polar surface area (TPSA) is 51.8 Å². The molecule has 2 heterocycles. The maximum Gasteiger partial charge on any atom is 0.171 e. The highest BCUT2D eigenvalue weighted by molar-refractivity contribution is 9.13. The number of aromatic nitrogens is 2. The lowest BCUT2D eigenvalue weighted by molar-refractivity contribution is 1.00. The van der Waals surface area contributed by atoms with E-state index in [1.807, 2.05) is 12.1 Å². The van der Waals surface area contributed by atoms with Gasteiger partial charge in [-0.05, 0) is 50.8 Å². The minimum absolute atomic E-state index is 0.553. The Morgan fingerprint density at radius 3 is 2.59 bits per heavy atom. The molecule has 0 amide bonds. The van der Waals surface area contributed by atoms with Crippen LogP contribution in [0.15, 0.2) is 20.4 Å². The standard InChI is InChI=1S/C11H9Br2N3S/c12-6-3-8(17-10(6)13)11-15-7(5-1-2-5)4-9(14)16-11/h3-5H,1-2H2,(H2,14,15,16). The maximum atomic E-state index is 5.84. The van der Waals surface area contributed by atoms with E-state index in [2.05, 4.69) is 41.8 Å². The van der Waals surface area contributed by atoms with Crippen molar-refractivity contribution in [2.45, 2.75) is 18.8 Å². The van der Waals surface area contributed by atoms with Crippen molar-refractivity contribution >= 4 is 49.0 Å². The fourth-order valence-electron chi connectivity index (χ4n) is 1.64. The number of nitrogens with zero attached hydrogens (tertiary/aromatic N) is 2. The summed E-state index contributed by atoms with van der Waals surface area (Å²) in [4.78, 5) is 9.93. The van der Waals surface area contributed by atoms with Crippen molar-refractivity contribution in [1.82, 2.24) is 9.97 Å². The lowest BCUT2D eigenvalue weighted by Gasteiger charge is -2.02. The van der Waals surface area contributed by atoms with Gasteiger partial charge in [0.05, 0.1) is 8.66 Å². The van der Waals surface area contributed by atoms with E-state index in [-0.39, 0.29) is 0 Å². The van der Waals surface area contributed by atoms with Crippen LogP contribution in [0.5, 0.6) is 0 Å². The minimum Gasteiger partial charge on any atom is -0.384 e. The molecule has 1 aliphatic carbocycles. The molecule has 0 saturated heterocycles. The number of halogens is 2. The predicted octanol–water partition coefficient (Wildman–Crippen LogP) is 4.19. The molecular formula is C11H9Br2N3S. The second-order valence-electron chi connectivity index (χ2n) is 4.05. The fourth-order valence-corrected chi connectivity index (χ4v) is 3.61. The van der Waals surface area contributed by atoms with Crippen LogP contribution in [0.3, 0.4) is 0 Å². The van der Waals surface area contributed by atoms with E-state index in [1.165, 1.54) is 12.8 Å². The number of nitrogen functional groups attached to an aromatic ring is 1. The molecule has 6 heteroatoms. The third kappa shape index (κ3) is 2.39. The van der Waals surface area contributed by atoms with Crippen LogP contribution in [-0.2, 0) is 0 Å². The molecule has 3 nitrogen and oxygen atoms in total. The first-order valence-electron chi connectivity index (χ1n) is 5.23. The molecule has 17 heavy (non-hydrogen) atoms. The van der Waals surface area contributed by atoms with E-state index in [1.54, 1.807) is 11.3 Å². The molecule has 88 valence electrons. The summed E-state index contributed by atoms with van der Waals surface area (Å²) in [6.45, 7) is 0. The van der Waals surface area contributed by atoms with Gasteiger partial charge in [-0.15, -0.1) is 11.3 Å². The van der Waals surface area contributed by atoms with Crippen molar-refractivity contribution in [2.24, 2.45) is 0 Å². The third-order valence-electron chi connectivity index (χ3n) is 2.63. The summed E-state index contributed by atoms with van der Waals surface area (Å²) < 4.78 is 2.07. The summed E-state index contributed by atoms with van der Waals surface area (Å²) in [5.74, 6) is 1.87. The molecule has 3 rings (SSSR count). The first kappa shape index (κ1) is 11.6. The Labute approximate surface area is 120 Å². The fraction of sp³-hybridized carbons (Fsp3) is 0.273. The smallest absolute Gasteiger partial charge is 0.171 e. The summed E-state index contributed by atoms with van der Waals surface area (Å²) in [6.07, 6.45) is 2.43. The summed E-state index contributed by atoms with van der Waals surface area (Å²) in [5, 5.41) is 0. The SMILES string of the molecule is Nc1cc(C2CC2)nc(-c2cc(Br)c(Br)s2)n1. The van der Waals surface area contributed by atoms with Gasteiger partial charge in [0.1, 0.15) is 5.82 Å². The Kier molecular flexibility index (Phi) is 2.96. The van der Waals surface area contributed by atoms with Crippen molar-refractivity contribution in [3.05, 3.63) is 26.1 Å². The molecule has 0 radical (unpaired) electrons. The van der Waals surface area contributed by atoms with Gasteiger partial charge in [-0.1, -0.05) is 0 Å². The van der Waals surface area contributed by atoms with Crippen LogP contribution in [0.2, 0.25) is 0 Å². The number of rotatable bonds is 2. The number of nitrogens with two attached hydrogens (primary N) is 1. The van der Waals surface area contributed by atoms with E-state index in [0.717, 1.165) is 24.7 Å². The molecular weight excluding hydrogens is 366 g/mol. The number of thiophene rings is 1. The highest BCUT2D eigenvalue weighted by Gasteiger charge is 2.26. The molecule has 2 aromatic rings. The van der Waals surface area contributed by atoms with Crippen LogP contribution in [0.4, 0.5) is 5.82 Å². The average Bonchev–Trinajstić information content (AvgIpc) is 3.06. The Morgan fingerprint density at radius 2 is 2.00 bits per heavy atom. The van der Waals surface area contributed by atoms with Crippen molar-refractivity contribution < 1.29 is 0 Å². The monoisotopic (exact) mass is 373 g/mol. The highest BCUT2D eigenvalue weighted by Crippen LogP contribution is 2.41. The lowest BCUT2D eigenvalue weighted by atomic mass is 10.2. The summed E-state index contributed by atoms with van der Waals surface area (Å²) >= 11 is 8.55. The van der Waals surface area contributed by atoms with Crippen LogP contribution in [0.1, 0.15) is 24.5 Å². The zero-order valence-electron chi connectivity index (χ0n) is 8.78. The van der Waals surface area contributed by atoms with E-state index < -0.39 is 0 Å². The lowest BCUT2D eigenvalue weighted by Crippen LogP contribution is -1.98. The van der Waals surface area contributed by atoms with Crippen LogP contribution in [0, 0.1) is 0 Å². The number of anilines is 1. The van der Waals surface area contributed by atoms with Gasteiger partial charge in [-0.25, -0.2) is 9.97 Å². The normalized spacial score (nSPS) is 15.2. The predicted molar refractivity (Wildman–Crippen MR) is 77.1 cm³/mol. The molecule has 1 aliphatic rings. The van der Waals surface area contributed by atoms with E-state index in [0.29, 0.717) is 11.7 Å². The maximum absolute atomic E-state index is 5.84. The summed E-state index contributed by atoms with van der Waals surface area (Å²) in [5.41, 5.74) is 6.91. The second-order valence-corrected chi connectivity index (χ2v) is 7.27. The van der Waals surface area contributed by atoms with Crippen molar-refractivity contribution in [1.29, 1.82) is 0 Å². The van der Waals surface area contributed by atoms with Gasteiger partial charge in [-0.2, -0.15) is 0 Å².